The monoisotopic (exact) mass is 741 g/mol. The van der Waals surface area contributed by atoms with Gasteiger partial charge in [0.05, 0.1) is 0 Å². The first-order valence-corrected chi connectivity index (χ1v) is 21.6. The summed E-state index contributed by atoms with van der Waals surface area (Å²) in [6.45, 7) is 28.3. The quantitative estimate of drug-likeness (QED) is 0.0863. The first-order chi connectivity index (χ1) is 26.3. The number of fused-ring (bicyclic) bond motifs is 1. The Morgan fingerprint density at radius 3 is 1.91 bits per heavy atom. The molecule has 0 bridgehead atoms. The van der Waals surface area contributed by atoms with Crippen LogP contribution in [0.15, 0.2) is 132 Å². The molecular formula is C55H80. The van der Waals surface area contributed by atoms with E-state index in [-0.39, 0.29) is 0 Å². The lowest BCUT2D eigenvalue weighted by atomic mass is 9.88. The Morgan fingerprint density at radius 1 is 0.727 bits per heavy atom. The molecule has 0 heterocycles. The van der Waals surface area contributed by atoms with Crippen LogP contribution >= 0.6 is 0 Å². The van der Waals surface area contributed by atoms with Gasteiger partial charge in [0.15, 0.2) is 0 Å². The third-order valence-corrected chi connectivity index (χ3v) is 9.46. The summed E-state index contributed by atoms with van der Waals surface area (Å²) in [7, 11) is 0. The van der Waals surface area contributed by atoms with Gasteiger partial charge in [-0.05, 0) is 138 Å². The zero-order valence-electron chi connectivity index (χ0n) is 37.7. The number of aryl methyl sites for hydroxylation is 3. The van der Waals surface area contributed by atoms with E-state index in [4.69, 9.17) is 0 Å². The van der Waals surface area contributed by atoms with E-state index >= 15 is 0 Å². The molecule has 0 atom stereocenters. The summed E-state index contributed by atoms with van der Waals surface area (Å²) in [5, 5.41) is 2.73. The molecule has 300 valence electrons. The fourth-order valence-electron chi connectivity index (χ4n) is 6.54. The van der Waals surface area contributed by atoms with Crippen molar-refractivity contribution in [3.63, 3.8) is 0 Å². The van der Waals surface area contributed by atoms with Gasteiger partial charge in [-0.1, -0.05) is 204 Å². The first-order valence-electron chi connectivity index (χ1n) is 21.6. The summed E-state index contributed by atoms with van der Waals surface area (Å²) < 4.78 is 0. The molecule has 0 radical (unpaired) electrons. The first kappa shape index (κ1) is 49.1. The van der Waals surface area contributed by atoms with Crippen LogP contribution in [0.5, 0.6) is 0 Å². The summed E-state index contributed by atoms with van der Waals surface area (Å²) in [5.41, 5.74) is 13.2. The van der Waals surface area contributed by atoms with Gasteiger partial charge in [0.25, 0.3) is 0 Å². The van der Waals surface area contributed by atoms with Gasteiger partial charge in [-0.2, -0.15) is 0 Å². The second-order valence-electron chi connectivity index (χ2n) is 16.3. The van der Waals surface area contributed by atoms with Crippen molar-refractivity contribution >= 4 is 16.8 Å². The Hall–Kier alpha value is -3.90. The highest BCUT2D eigenvalue weighted by atomic mass is 14.2. The Kier molecular flexibility index (Phi) is 25.5. The van der Waals surface area contributed by atoms with Crippen LogP contribution in [0.4, 0.5) is 0 Å². The van der Waals surface area contributed by atoms with Crippen LogP contribution in [-0.4, -0.2) is 0 Å². The minimum atomic E-state index is 0.404. The van der Waals surface area contributed by atoms with E-state index in [1.165, 1.54) is 113 Å². The fraction of sp³-hybridized carbons (Fsp3) is 0.455. The molecule has 0 aliphatic heterocycles. The molecular weight excluding hydrogens is 661 g/mol. The molecule has 0 N–H and O–H groups in total. The molecule has 0 heteroatoms. The summed E-state index contributed by atoms with van der Waals surface area (Å²) in [4.78, 5) is 0. The van der Waals surface area contributed by atoms with Gasteiger partial charge in [0.2, 0.25) is 0 Å². The molecule has 1 aliphatic carbocycles. The Balaban J connectivity index is 0.000000531. The second kappa shape index (κ2) is 28.5. The maximum atomic E-state index is 2.50. The second-order valence-corrected chi connectivity index (χ2v) is 16.3. The standard InChI is InChI=1S/C32H42.C11H16.C7H8.C3H8.C2H6/c1-6-30-22-29(23-31-21-25(3)17-19-32(30)31)18-16-24(2)20-27(5)26(4)12-10-11-15-28-13-8-7-9-14-28;1-11(2,3)9-10-7-5-4-6-8-10;1-7-5-3-2-4-6-7;1-3-2;1-2/h13,16-23H,6-12,14-15H2,1-5H3;4-8H,9H2,1-3H3;2-6H,1H3;3H2,1-2H3;1-2H3/b18-16+,24-20+,27-26-;;;;. The van der Waals surface area contributed by atoms with Crippen LogP contribution in [0.1, 0.15) is 162 Å². The van der Waals surface area contributed by atoms with Crippen LogP contribution < -0.4 is 0 Å². The normalized spacial score (nSPS) is 13.1. The van der Waals surface area contributed by atoms with Crippen LogP contribution in [0, 0.1) is 19.3 Å². The number of rotatable bonds is 10. The maximum Gasteiger partial charge on any atom is -0.0151 e. The van der Waals surface area contributed by atoms with Crippen LogP contribution in [-0.2, 0) is 12.8 Å². The average molecular weight is 741 g/mol. The van der Waals surface area contributed by atoms with E-state index < -0.39 is 0 Å². The average Bonchev–Trinajstić information content (AvgIpc) is 3.17. The number of hydrogen-bond donors (Lipinski definition) is 0. The highest BCUT2D eigenvalue weighted by Gasteiger charge is 2.10. The van der Waals surface area contributed by atoms with Crippen molar-refractivity contribution in [2.24, 2.45) is 5.41 Å². The minimum absolute atomic E-state index is 0.404. The zero-order valence-corrected chi connectivity index (χ0v) is 37.7. The summed E-state index contributed by atoms with van der Waals surface area (Å²) in [6.07, 6.45) is 23.5. The number of benzene rings is 4. The minimum Gasteiger partial charge on any atom is -0.0853 e. The molecule has 0 saturated heterocycles. The molecule has 55 heavy (non-hydrogen) atoms. The van der Waals surface area contributed by atoms with Crippen molar-refractivity contribution in [1.29, 1.82) is 0 Å². The molecule has 5 rings (SSSR count). The molecule has 1 aliphatic rings. The van der Waals surface area contributed by atoms with Gasteiger partial charge in [-0.15, -0.1) is 0 Å². The Bertz CT molecular complexity index is 1720. The lowest BCUT2D eigenvalue weighted by molar-refractivity contribution is 0.411. The van der Waals surface area contributed by atoms with E-state index in [0.29, 0.717) is 5.41 Å². The topological polar surface area (TPSA) is 0 Å². The third-order valence-electron chi connectivity index (χ3n) is 9.46. The number of allylic oxidation sites excluding steroid dienone is 7. The molecule has 0 nitrogen and oxygen atoms in total. The number of unbranched alkanes of at least 4 members (excludes halogenated alkanes) is 1. The van der Waals surface area contributed by atoms with Crippen molar-refractivity contribution in [3.8, 4) is 0 Å². The molecule has 0 spiro atoms. The highest BCUT2D eigenvalue weighted by molar-refractivity contribution is 5.88. The van der Waals surface area contributed by atoms with Crippen molar-refractivity contribution in [1.82, 2.24) is 0 Å². The maximum absolute atomic E-state index is 2.50. The highest BCUT2D eigenvalue weighted by Crippen LogP contribution is 2.26. The Morgan fingerprint density at radius 2 is 1.36 bits per heavy atom. The zero-order chi connectivity index (χ0) is 41.1. The third kappa shape index (κ3) is 22.3. The SMILES string of the molecule is CC.CC(C)(C)Cc1ccccc1.CCC.CCc1cc(/C=C/C(C)=C/C(C)=C(/C)CCCCC2=CCCCC2)cc2cc(C)ccc12.Cc1ccccc1. The molecule has 4 aromatic carbocycles. The Labute approximate surface area is 341 Å². The van der Waals surface area contributed by atoms with Crippen LogP contribution in [0.2, 0.25) is 0 Å². The molecule has 0 fully saturated rings. The van der Waals surface area contributed by atoms with Gasteiger partial charge < -0.3 is 0 Å². The van der Waals surface area contributed by atoms with E-state index in [0.717, 1.165) is 12.8 Å². The van der Waals surface area contributed by atoms with Gasteiger partial charge in [0, 0.05) is 0 Å². The van der Waals surface area contributed by atoms with Crippen molar-refractivity contribution in [3.05, 3.63) is 159 Å². The van der Waals surface area contributed by atoms with Gasteiger partial charge >= 0.3 is 0 Å². The summed E-state index contributed by atoms with van der Waals surface area (Å²) >= 11 is 0. The van der Waals surface area contributed by atoms with E-state index in [1.807, 2.05) is 32.0 Å². The molecule has 0 amide bonds. The largest absolute Gasteiger partial charge is 0.0853 e. The van der Waals surface area contributed by atoms with Crippen LogP contribution in [0.3, 0.4) is 0 Å². The molecule has 0 aromatic heterocycles. The number of hydrogen-bond acceptors (Lipinski definition) is 0. The van der Waals surface area contributed by atoms with Gasteiger partial charge in [0.1, 0.15) is 0 Å². The van der Waals surface area contributed by atoms with Gasteiger partial charge in [-0.3, -0.25) is 0 Å². The lowest BCUT2D eigenvalue weighted by Crippen LogP contribution is -2.08. The summed E-state index contributed by atoms with van der Waals surface area (Å²) in [5.74, 6) is 0. The summed E-state index contributed by atoms with van der Waals surface area (Å²) in [6, 6.07) is 32.3. The predicted molar refractivity (Wildman–Crippen MR) is 252 cm³/mol. The van der Waals surface area contributed by atoms with E-state index in [9.17, 15) is 0 Å². The van der Waals surface area contributed by atoms with E-state index in [2.05, 4.69) is 173 Å². The lowest BCUT2D eigenvalue weighted by Gasteiger charge is -2.17. The van der Waals surface area contributed by atoms with Crippen molar-refractivity contribution < 1.29 is 0 Å². The van der Waals surface area contributed by atoms with Gasteiger partial charge in [-0.25, -0.2) is 0 Å². The smallest absolute Gasteiger partial charge is 0.0151 e. The van der Waals surface area contributed by atoms with Crippen molar-refractivity contribution in [2.75, 3.05) is 0 Å². The molecule has 4 aromatic rings. The van der Waals surface area contributed by atoms with Crippen LogP contribution in [0.25, 0.3) is 16.8 Å². The van der Waals surface area contributed by atoms with E-state index in [1.54, 1.807) is 5.57 Å². The molecule has 0 saturated carbocycles. The van der Waals surface area contributed by atoms with Crippen molar-refractivity contribution in [2.45, 2.75) is 161 Å². The predicted octanol–water partition coefficient (Wildman–Crippen LogP) is 17.8. The molecule has 0 unspecified atom stereocenters. The fourth-order valence-corrected chi connectivity index (χ4v) is 6.54.